The fourth-order valence-electron chi connectivity index (χ4n) is 2.02. The highest BCUT2D eigenvalue weighted by Gasteiger charge is 2.16. The maximum absolute atomic E-state index is 4.44. The zero-order valence-corrected chi connectivity index (χ0v) is 13.5. The van der Waals surface area contributed by atoms with Crippen molar-refractivity contribution in [1.82, 2.24) is 9.97 Å². The largest absolute Gasteiger partial charge is 0.370 e. The molecular weight excluding hydrogens is 256 g/mol. The first-order valence-electron chi connectivity index (χ1n) is 6.98. The minimum atomic E-state index is 0.393. The lowest BCUT2D eigenvalue weighted by atomic mass is 10.0. The summed E-state index contributed by atoms with van der Waals surface area (Å²) < 4.78 is 0. The van der Waals surface area contributed by atoms with Crippen LogP contribution in [0, 0.1) is 0 Å². The highest BCUT2D eigenvalue weighted by Crippen LogP contribution is 2.29. The predicted molar refractivity (Wildman–Crippen MR) is 86.4 cm³/mol. The number of aromatic nitrogens is 2. The summed E-state index contributed by atoms with van der Waals surface area (Å²) in [5.74, 6) is 3.41. The Kier molecular flexibility index (Phi) is 6.99. The van der Waals surface area contributed by atoms with Crippen molar-refractivity contribution in [2.24, 2.45) is 0 Å². The van der Waals surface area contributed by atoms with Crippen molar-refractivity contribution in [1.29, 1.82) is 0 Å². The van der Waals surface area contributed by atoms with E-state index in [0.29, 0.717) is 12.0 Å². The van der Waals surface area contributed by atoms with Crippen molar-refractivity contribution in [3.8, 4) is 0 Å². The monoisotopic (exact) mass is 282 g/mol. The molecule has 5 heteroatoms. The summed E-state index contributed by atoms with van der Waals surface area (Å²) in [7, 11) is 0. The van der Waals surface area contributed by atoms with Crippen LogP contribution in [0.25, 0.3) is 0 Å². The van der Waals surface area contributed by atoms with Crippen LogP contribution < -0.4 is 10.6 Å². The summed E-state index contributed by atoms with van der Waals surface area (Å²) >= 11 is 1.86. The zero-order valence-electron chi connectivity index (χ0n) is 12.7. The van der Waals surface area contributed by atoms with Gasteiger partial charge in [0.25, 0.3) is 0 Å². The predicted octanol–water partition coefficient (Wildman–Crippen LogP) is 3.59. The van der Waals surface area contributed by atoms with Crippen molar-refractivity contribution in [3.05, 3.63) is 11.9 Å². The fraction of sp³-hybridized carbons (Fsp3) is 0.714. The third kappa shape index (κ3) is 4.56. The van der Waals surface area contributed by atoms with Gasteiger partial charge in [-0.3, -0.25) is 0 Å². The van der Waals surface area contributed by atoms with E-state index in [0.717, 1.165) is 30.4 Å². The maximum Gasteiger partial charge on any atom is 0.135 e. The van der Waals surface area contributed by atoms with Gasteiger partial charge in [0, 0.05) is 23.9 Å². The quantitative estimate of drug-likeness (QED) is 0.763. The van der Waals surface area contributed by atoms with E-state index in [9.17, 15) is 0 Å². The fourth-order valence-corrected chi connectivity index (χ4v) is 2.74. The van der Waals surface area contributed by atoms with Gasteiger partial charge < -0.3 is 10.6 Å². The SMILES string of the molecule is CCNc1ncnc(NC(CC)CSC)c1C(C)C. The van der Waals surface area contributed by atoms with Crippen molar-refractivity contribution in [3.63, 3.8) is 0 Å². The first-order valence-corrected chi connectivity index (χ1v) is 8.37. The van der Waals surface area contributed by atoms with Crippen LogP contribution in [0.2, 0.25) is 0 Å². The minimum Gasteiger partial charge on any atom is -0.370 e. The Hall–Kier alpha value is -0.970. The lowest BCUT2D eigenvalue weighted by Gasteiger charge is -2.21. The first-order chi connectivity index (χ1) is 9.13. The number of nitrogens with one attached hydrogen (secondary N) is 2. The highest BCUT2D eigenvalue weighted by atomic mass is 32.2. The summed E-state index contributed by atoms with van der Waals surface area (Å²) in [6.07, 6.45) is 4.87. The van der Waals surface area contributed by atoms with Crippen molar-refractivity contribution in [2.45, 2.75) is 46.1 Å². The second-order valence-electron chi connectivity index (χ2n) is 4.87. The normalized spacial score (nSPS) is 12.5. The topological polar surface area (TPSA) is 49.8 Å². The maximum atomic E-state index is 4.44. The standard InChI is InChI=1S/C14H26N4S/c1-6-11(8-19-5)18-14-12(10(3)4)13(15-7-2)16-9-17-14/h9-11H,6-8H2,1-5H3,(H2,15,16,17,18). The van der Waals surface area contributed by atoms with Crippen LogP contribution >= 0.6 is 11.8 Å². The van der Waals surface area contributed by atoms with E-state index in [-0.39, 0.29) is 0 Å². The molecule has 2 N–H and O–H groups in total. The van der Waals surface area contributed by atoms with Gasteiger partial charge >= 0.3 is 0 Å². The number of nitrogens with zero attached hydrogens (tertiary/aromatic N) is 2. The van der Waals surface area contributed by atoms with Crippen LogP contribution in [-0.2, 0) is 0 Å². The zero-order chi connectivity index (χ0) is 14.3. The highest BCUT2D eigenvalue weighted by molar-refractivity contribution is 7.98. The molecule has 1 heterocycles. The van der Waals surface area contributed by atoms with Gasteiger partial charge in [0.2, 0.25) is 0 Å². The Labute approximate surface area is 121 Å². The minimum absolute atomic E-state index is 0.393. The van der Waals surface area contributed by atoms with Gasteiger partial charge in [0.1, 0.15) is 18.0 Å². The van der Waals surface area contributed by atoms with Gasteiger partial charge in [-0.25, -0.2) is 9.97 Å². The third-order valence-electron chi connectivity index (χ3n) is 3.01. The Morgan fingerprint density at radius 1 is 1.21 bits per heavy atom. The van der Waals surface area contributed by atoms with Crippen LogP contribution in [0.3, 0.4) is 0 Å². The van der Waals surface area contributed by atoms with E-state index in [2.05, 4.69) is 54.6 Å². The van der Waals surface area contributed by atoms with Crippen LogP contribution in [-0.4, -0.2) is 34.6 Å². The smallest absolute Gasteiger partial charge is 0.135 e. The summed E-state index contributed by atoms with van der Waals surface area (Å²) in [5.41, 5.74) is 1.18. The number of hydrogen-bond acceptors (Lipinski definition) is 5. The van der Waals surface area contributed by atoms with E-state index in [1.54, 1.807) is 6.33 Å². The number of rotatable bonds is 8. The second-order valence-corrected chi connectivity index (χ2v) is 5.79. The Bertz CT molecular complexity index is 382. The molecule has 1 aromatic rings. The molecule has 108 valence electrons. The molecule has 19 heavy (non-hydrogen) atoms. The Morgan fingerprint density at radius 2 is 1.89 bits per heavy atom. The van der Waals surface area contributed by atoms with Crippen molar-refractivity contribution >= 4 is 23.4 Å². The molecule has 1 aromatic heterocycles. The van der Waals surface area contributed by atoms with Crippen LogP contribution in [0.15, 0.2) is 6.33 Å². The molecular formula is C14H26N4S. The average Bonchev–Trinajstić information content (AvgIpc) is 2.38. The molecule has 1 rings (SSSR count). The van der Waals surface area contributed by atoms with Crippen LogP contribution in [0.5, 0.6) is 0 Å². The molecule has 4 nitrogen and oxygen atoms in total. The molecule has 0 radical (unpaired) electrons. The molecule has 1 atom stereocenters. The molecule has 0 fully saturated rings. The molecule has 0 aromatic carbocycles. The van der Waals surface area contributed by atoms with Gasteiger partial charge in [-0.2, -0.15) is 11.8 Å². The van der Waals surface area contributed by atoms with Gasteiger partial charge in [-0.05, 0) is 25.5 Å². The molecule has 0 bridgehead atoms. The molecule has 0 spiro atoms. The van der Waals surface area contributed by atoms with Crippen LogP contribution in [0.1, 0.15) is 45.6 Å². The third-order valence-corrected chi connectivity index (χ3v) is 3.74. The second kappa shape index (κ2) is 8.25. The lowest BCUT2D eigenvalue weighted by molar-refractivity contribution is 0.757. The molecule has 0 aliphatic rings. The average molecular weight is 282 g/mol. The molecule has 0 saturated carbocycles. The van der Waals surface area contributed by atoms with E-state index < -0.39 is 0 Å². The summed E-state index contributed by atoms with van der Waals surface area (Å²) in [6.45, 7) is 9.52. The van der Waals surface area contributed by atoms with Gasteiger partial charge in [0.15, 0.2) is 0 Å². The van der Waals surface area contributed by atoms with Crippen LogP contribution in [0.4, 0.5) is 11.6 Å². The van der Waals surface area contributed by atoms with E-state index in [4.69, 9.17) is 0 Å². The summed E-state index contributed by atoms with van der Waals surface area (Å²) in [6, 6.07) is 0.455. The number of thioether (sulfide) groups is 1. The molecule has 0 saturated heterocycles. The number of hydrogen-bond donors (Lipinski definition) is 2. The number of anilines is 2. The van der Waals surface area contributed by atoms with Crippen molar-refractivity contribution < 1.29 is 0 Å². The lowest BCUT2D eigenvalue weighted by Crippen LogP contribution is -2.23. The van der Waals surface area contributed by atoms with Gasteiger partial charge in [-0.1, -0.05) is 20.8 Å². The van der Waals surface area contributed by atoms with Crippen molar-refractivity contribution in [2.75, 3.05) is 29.2 Å². The van der Waals surface area contributed by atoms with E-state index in [1.165, 1.54) is 5.56 Å². The van der Waals surface area contributed by atoms with E-state index in [1.807, 2.05) is 11.8 Å². The summed E-state index contributed by atoms with van der Waals surface area (Å²) in [5, 5.41) is 6.89. The Balaban J connectivity index is 3.01. The summed E-state index contributed by atoms with van der Waals surface area (Å²) in [4.78, 5) is 8.80. The molecule has 0 aliphatic heterocycles. The molecule has 1 unspecified atom stereocenters. The van der Waals surface area contributed by atoms with E-state index >= 15 is 0 Å². The molecule has 0 aliphatic carbocycles. The Morgan fingerprint density at radius 3 is 2.42 bits per heavy atom. The molecule has 0 amide bonds. The van der Waals surface area contributed by atoms with Gasteiger partial charge in [-0.15, -0.1) is 0 Å². The van der Waals surface area contributed by atoms with Gasteiger partial charge in [0.05, 0.1) is 0 Å². The first kappa shape index (κ1) is 16.1.